The zero-order valence-corrected chi connectivity index (χ0v) is 18.5. The molecule has 0 bridgehead atoms. The molecule has 3 heterocycles. The summed E-state index contributed by atoms with van der Waals surface area (Å²) in [6, 6.07) is 6.96. The fraction of sp³-hybridized carbons (Fsp3) is 0.182. The Kier molecular flexibility index (Phi) is 6.40. The van der Waals surface area contributed by atoms with Gasteiger partial charge in [0.05, 0.1) is 35.8 Å². The second-order valence-corrected chi connectivity index (χ2v) is 7.56. The number of carbonyl (C=O) groups is 1. The lowest BCUT2D eigenvalue weighted by atomic mass is 10.1. The van der Waals surface area contributed by atoms with E-state index in [1.165, 1.54) is 17.7 Å². The summed E-state index contributed by atoms with van der Waals surface area (Å²) < 4.78 is 40.1. The quantitative estimate of drug-likeness (QED) is 0.401. The Labute approximate surface area is 196 Å². The summed E-state index contributed by atoms with van der Waals surface area (Å²) in [6.45, 7) is -0.166. The van der Waals surface area contributed by atoms with E-state index in [9.17, 15) is 18.0 Å². The van der Waals surface area contributed by atoms with Gasteiger partial charge in [0.2, 0.25) is 0 Å². The van der Waals surface area contributed by atoms with Gasteiger partial charge in [-0.05, 0) is 35.9 Å². The highest BCUT2D eigenvalue weighted by atomic mass is 35.5. The molecule has 0 aliphatic heterocycles. The van der Waals surface area contributed by atoms with Crippen molar-refractivity contribution in [2.75, 3.05) is 12.3 Å². The minimum atomic E-state index is -4.56. The average Bonchev–Trinajstić information content (AvgIpc) is 3.20. The topological polar surface area (TPSA) is 99.2 Å². The summed E-state index contributed by atoms with van der Waals surface area (Å²) in [5.41, 5.74) is 8.13. The minimum absolute atomic E-state index is 0.0268. The highest BCUT2D eigenvalue weighted by molar-refractivity contribution is 6.25. The van der Waals surface area contributed by atoms with Crippen molar-refractivity contribution in [3.05, 3.63) is 71.2 Å². The van der Waals surface area contributed by atoms with Gasteiger partial charge in [0.1, 0.15) is 11.5 Å². The van der Waals surface area contributed by atoms with Crippen LogP contribution in [-0.4, -0.2) is 37.3 Å². The summed E-state index contributed by atoms with van der Waals surface area (Å²) >= 11 is 5.53. The third-order valence-corrected chi connectivity index (χ3v) is 5.22. The van der Waals surface area contributed by atoms with Gasteiger partial charge in [-0.15, -0.1) is 0 Å². The lowest BCUT2D eigenvalue weighted by Gasteiger charge is -2.22. The number of pyridine rings is 2. The van der Waals surface area contributed by atoms with E-state index in [1.807, 2.05) is 0 Å². The molecule has 8 nitrogen and oxygen atoms in total. The summed E-state index contributed by atoms with van der Waals surface area (Å²) in [6.07, 6.45) is -0.443. The second kappa shape index (κ2) is 9.27. The summed E-state index contributed by atoms with van der Waals surface area (Å²) in [4.78, 5) is 26.7. The van der Waals surface area contributed by atoms with E-state index < -0.39 is 17.8 Å². The molecule has 0 aliphatic rings. The number of amides is 1. The third kappa shape index (κ3) is 4.66. The number of fused-ring (bicyclic) bond motifs is 3. The number of hydrogen-bond donors (Lipinski definition) is 1. The standard InChI is InChI=1S/C22H18ClF3N6O2/c1-31-19-15-9-14(4-5-17(15)30-20(27)16(19)11-29-31)21(33)32(34-8-2-7-23)12-13-3-6-18(28-10-13)22(24,25)26/h2-7,9-11H,8,12H2,1H3,(H2,27,30). The number of carbonyl (C=O) groups excluding carboxylic acids is 1. The van der Waals surface area contributed by atoms with Gasteiger partial charge in [-0.2, -0.15) is 18.3 Å². The molecule has 0 saturated heterocycles. The fourth-order valence-corrected chi connectivity index (χ4v) is 3.50. The van der Waals surface area contributed by atoms with Crippen molar-refractivity contribution >= 4 is 45.1 Å². The van der Waals surface area contributed by atoms with Crippen molar-refractivity contribution in [1.29, 1.82) is 0 Å². The first-order valence-electron chi connectivity index (χ1n) is 9.92. The van der Waals surface area contributed by atoms with E-state index in [0.717, 1.165) is 17.3 Å². The SMILES string of the molecule is Cn1ncc2c(N)nc3ccc(C(=O)N(Cc4ccc(C(F)(F)F)nc4)OCC=CCl)cc3c21. The molecule has 0 saturated carbocycles. The monoisotopic (exact) mass is 490 g/mol. The number of hydroxylamine groups is 2. The van der Waals surface area contributed by atoms with Crippen molar-refractivity contribution in [1.82, 2.24) is 24.8 Å². The molecule has 1 aromatic carbocycles. The van der Waals surface area contributed by atoms with Crippen LogP contribution in [0.5, 0.6) is 0 Å². The molecule has 0 radical (unpaired) electrons. The number of nitrogen functional groups attached to an aromatic ring is 1. The van der Waals surface area contributed by atoms with E-state index >= 15 is 0 Å². The zero-order valence-electron chi connectivity index (χ0n) is 17.8. The number of nitrogens with two attached hydrogens (primary N) is 1. The van der Waals surface area contributed by atoms with Crippen LogP contribution in [0.4, 0.5) is 19.0 Å². The third-order valence-electron chi connectivity index (χ3n) is 5.04. The fourth-order valence-electron chi connectivity index (χ4n) is 3.43. The van der Waals surface area contributed by atoms with E-state index in [2.05, 4.69) is 15.1 Å². The maximum atomic E-state index is 13.3. The number of hydrogen-bond acceptors (Lipinski definition) is 6. The van der Waals surface area contributed by atoms with Crippen molar-refractivity contribution in [3.8, 4) is 0 Å². The smallest absolute Gasteiger partial charge is 0.383 e. The van der Waals surface area contributed by atoms with Crippen LogP contribution < -0.4 is 5.73 Å². The highest BCUT2D eigenvalue weighted by Gasteiger charge is 2.32. The summed E-state index contributed by atoms with van der Waals surface area (Å²) in [5, 5.41) is 6.56. The predicted octanol–water partition coefficient (Wildman–Crippen LogP) is 4.44. The Morgan fingerprint density at radius 1 is 1.24 bits per heavy atom. The highest BCUT2D eigenvalue weighted by Crippen LogP contribution is 2.29. The molecule has 3 aromatic heterocycles. The molecule has 4 aromatic rings. The summed E-state index contributed by atoms with van der Waals surface area (Å²) in [7, 11) is 1.75. The molecular weight excluding hydrogens is 473 g/mol. The number of benzene rings is 1. The van der Waals surface area contributed by atoms with Crippen LogP contribution in [0.2, 0.25) is 0 Å². The Morgan fingerprint density at radius 3 is 2.71 bits per heavy atom. The lowest BCUT2D eigenvalue weighted by Crippen LogP contribution is -2.31. The van der Waals surface area contributed by atoms with Crippen molar-refractivity contribution in [2.24, 2.45) is 7.05 Å². The zero-order chi connectivity index (χ0) is 24.5. The van der Waals surface area contributed by atoms with Crippen LogP contribution in [0.25, 0.3) is 21.8 Å². The Morgan fingerprint density at radius 2 is 2.03 bits per heavy atom. The van der Waals surface area contributed by atoms with Gasteiger partial charge in [-0.3, -0.25) is 19.3 Å². The minimum Gasteiger partial charge on any atom is -0.383 e. The predicted molar refractivity (Wildman–Crippen MR) is 120 cm³/mol. The van der Waals surface area contributed by atoms with Gasteiger partial charge in [0.25, 0.3) is 5.91 Å². The van der Waals surface area contributed by atoms with Gasteiger partial charge >= 0.3 is 6.18 Å². The maximum Gasteiger partial charge on any atom is 0.433 e. The normalized spacial score (nSPS) is 12.1. The number of nitrogens with zero attached hydrogens (tertiary/aromatic N) is 5. The van der Waals surface area contributed by atoms with Crippen LogP contribution >= 0.6 is 11.6 Å². The average molecular weight is 491 g/mol. The molecule has 0 aliphatic carbocycles. The molecule has 4 rings (SSSR count). The number of aryl methyl sites for hydroxylation is 1. The largest absolute Gasteiger partial charge is 0.433 e. The number of halogens is 4. The molecule has 176 valence electrons. The molecule has 0 spiro atoms. The Balaban J connectivity index is 1.69. The Bertz CT molecular complexity index is 1390. The second-order valence-electron chi connectivity index (χ2n) is 7.31. The Hall–Kier alpha value is -3.70. The van der Waals surface area contributed by atoms with Gasteiger partial charge in [-0.1, -0.05) is 17.7 Å². The first-order valence-corrected chi connectivity index (χ1v) is 10.4. The van der Waals surface area contributed by atoms with Crippen LogP contribution in [0.1, 0.15) is 21.6 Å². The number of aromatic nitrogens is 4. The summed E-state index contributed by atoms with van der Waals surface area (Å²) in [5.74, 6) is -0.195. The molecule has 1 amide bonds. The first kappa shape index (κ1) is 23.5. The molecule has 0 atom stereocenters. The van der Waals surface area contributed by atoms with Crippen molar-refractivity contribution in [2.45, 2.75) is 12.7 Å². The maximum absolute atomic E-state index is 13.3. The molecule has 2 N–H and O–H groups in total. The van der Waals surface area contributed by atoms with Crippen molar-refractivity contribution in [3.63, 3.8) is 0 Å². The van der Waals surface area contributed by atoms with Gasteiger partial charge in [0, 0.05) is 29.7 Å². The number of alkyl halides is 3. The van der Waals surface area contributed by atoms with Crippen LogP contribution in [0.15, 0.2) is 54.3 Å². The van der Waals surface area contributed by atoms with E-state index in [1.54, 1.807) is 36.1 Å². The van der Waals surface area contributed by atoms with E-state index in [-0.39, 0.29) is 18.7 Å². The lowest BCUT2D eigenvalue weighted by molar-refractivity contribution is -0.141. The number of rotatable bonds is 6. The molecular formula is C22H18ClF3N6O2. The molecule has 12 heteroatoms. The first-order chi connectivity index (χ1) is 16.2. The molecule has 0 fully saturated rings. The molecule has 34 heavy (non-hydrogen) atoms. The molecule has 0 unspecified atom stereocenters. The van der Waals surface area contributed by atoms with E-state index in [4.69, 9.17) is 22.2 Å². The van der Waals surface area contributed by atoms with Gasteiger partial charge in [0.15, 0.2) is 0 Å². The van der Waals surface area contributed by atoms with Crippen molar-refractivity contribution < 1.29 is 22.8 Å². The van der Waals surface area contributed by atoms with E-state index in [0.29, 0.717) is 33.2 Å². The van der Waals surface area contributed by atoms with Crippen LogP contribution in [0.3, 0.4) is 0 Å². The van der Waals surface area contributed by atoms with Crippen LogP contribution in [-0.2, 0) is 24.6 Å². The van der Waals surface area contributed by atoms with Crippen LogP contribution in [0, 0.1) is 0 Å². The van der Waals surface area contributed by atoms with Gasteiger partial charge in [-0.25, -0.2) is 10.0 Å². The number of anilines is 1. The van der Waals surface area contributed by atoms with Gasteiger partial charge < -0.3 is 5.73 Å².